The smallest absolute Gasteiger partial charge is 0.183 e. The van der Waals surface area contributed by atoms with E-state index in [1.165, 1.54) is 37.8 Å². The zero-order chi connectivity index (χ0) is 24.1. The van der Waals surface area contributed by atoms with E-state index in [1.807, 2.05) is 18.2 Å². The monoisotopic (exact) mass is 490 g/mol. The highest BCUT2D eigenvalue weighted by molar-refractivity contribution is 6.30. The molecular weight excluding hydrogens is 461 g/mol. The van der Waals surface area contributed by atoms with Gasteiger partial charge in [0.25, 0.3) is 0 Å². The van der Waals surface area contributed by atoms with Gasteiger partial charge in [-0.3, -0.25) is 0 Å². The fourth-order valence-electron chi connectivity index (χ4n) is 4.49. The molecule has 2 nitrogen and oxygen atoms in total. The van der Waals surface area contributed by atoms with Crippen LogP contribution in [0, 0.1) is 23.4 Å². The number of hydrogen-bond acceptors (Lipinski definition) is 2. The first kappa shape index (κ1) is 25.0. The van der Waals surface area contributed by atoms with E-state index < -0.39 is 22.9 Å². The maximum Gasteiger partial charge on any atom is 0.183 e. The van der Waals surface area contributed by atoms with Gasteiger partial charge in [-0.1, -0.05) is 68.5 Å². The fourth-order valence-corrected chi connectivity index (χ4v) is 4.60. The molecule has 0 spiro atoms. The summed E-state index contributed by atoms with van der Waals surface area (Å²) in [5.41, 5.74) is 1.80. The molecule has 1 aliphatic heterocycles. The zero-order valence-electron chi connectivity index (χ0n) is 19.4. The van der Waals surface area contributed by atoms with Crippen LogP contribution in [0.5, 0.6) is 0 Å². The lowest BCUT2D eigenvalue weighted by atomic mass is 9.98. The molecule has 1 heterocycles. The molecule has 1 fully saturated rings. The van der Waals surface area contributed by atoms with Crippen LogP contribution < -0.4 is 0 Å². The van der Waals surface area contributed by atoms with Crippen molar-refractivity contribution in [2.75, 3.05) is 13.2 Å². The Bertz CT molecular complexity index is 1100. The van der Waals surface area contributed by atoms with Crippen LogP contribution in [0.2, 0.25) is 5.02 Å². The second-order valence-corrected chi connectivity index (χ2v) is 9.48. The minimum absolute atomic E-state index is 0.300. The quantitative estimate of drug-likeness (QED) is 0.222. The summed E-state index contributed by atoms with van der Waals surface area (Å²) in [6.07, 6.45) is 6.25. The highest BCUT2D eigenvalue weighted by Gasteiger charge is 2.24. The third kappa shape index (κ3) is 5.94. The number of halogens is 4. The molecule has 1 saturated heterocycles. The third-order valence-electron chi connectivity index (χ3n) is 6.49. The van der Waals surface area contributed by atoms with E-state index >= 15 is 4.39 Å². The second-order valence-electron chi connectivity index (χ2n) is 9.11. The summed E-state index contributed by atoms with van der Waals surface area (Å²) in [5, 5.41) is 0.736. The van der Waals surface area contributed by atoms with Gasteiger partial charge in [0, 0.05) is 16.9 Å². The lowest BCUT2D eigenvalue weighted by Gasteiger charge is -2.30. The van der Waals surface area contributed by atoms with Crippen molar-refractivity contribution in [1.82, 2.24) is 0 Å². The number of rotatable bonds is 9. The van der Waals surface area contributed by atoms with Crippen molar-refractivity contribution in [3.05, 3.63) is 81.6 Å². The summed E-state index contributed by atoms with van der Waals surface area (Å²) >= 11 is 5.54. The van der Waals surface area contributed by atoms with Crippen molar-refractivity contribution in [3.63, 3.8) is 0 Å². The highest BCUT2D eigenvalue weighted by atomic mass is 35.5. The van der Waals surface area contributed by atoms with Crippen molar-refractivity contribution in [1.29, 1.82) is 0 Å². The Morgan fingerprint density at radius 1 is 0.882 bits per heavy atom. The maximum absolute atomic E-state index is 15.2. The van der Waals surface area contributed by atoms with Gasteiger partial charge in [-0.15, -0.1) is 0 Å². The van der Waals surface area contributed by atoms with Crippen LogP contribution in [0.4, 0.5) is 13.2 Å². The predicted molar refractivity (Wildman–Crippen MR) is 130 cm³/mol. The van der Waals surface area contributed by atoms with Gasteiger partial charge in [0.05, 0.1) is 13.2 Å². The van der Waals surface area contributed by atoms with Crippen molar-refractivity contribution in [2.45, 2.75) is 58.2 Å². The van der Waals surface area contributed by atoms with Crippen LogP contribution >= 0.6 is 11.6 Å². The zero-order valence-corrected chi connectivity index (χ0v) is 20.1. The van der Waals surface area contributed by atoms with Crippen LogP contribution in [0.3, 0.4) is 0 Å². The molecule has 182 valence electrons. The molecule has 0 atom stereocenters. The van der Waals surface area contributed by atoms with Gasteiger partial charge < -0.3 is 9.47 Å². The van der Waals surface area contributed by atoms with E-state index in [0.717, 1.165) is 17.4 Å². The Balaban J connectivity index is 1.39. The van der Waals surface area contributed by atoms with Crippen molar-refractivity contribution in [3.8, 4) is 0 Å². The molecule has 0 aliphatic carbocycles. The summed E-state index contributed by atoms with van der Waals surface area (Å²) in [6, 6.07) is 11.4. The Morgan fingerprint density at radius 3 is 2.32 bits per heavy atom. The molecule has 3 aromatic carbocycles. The molecule has 0 bridgehead atoms. The van der Waals surface area contributed by atoms with Gasteiger partial charge in [0.15, 0.2) is 6.29 Å². The normalized spacial score (nSPS) is 18.5. The Labute approximate surface area is 204 Å². The van der Waals surface area contributed by atoms with Crippen LogP contribution in [-0.2, 0) is 22.3 Å². The summed E-state index contributed by atoms with van der Waals surface area (Å²) in [6.45, 7) is 3.56. The van der Waals surface area contributed by atoms with E-state index in [4.69, 9.17) is 21.1 Å². The number of ether oxygens (including phenoxy) is 2. The second kappa shape index (κ2) is 11.6. The van der Waals surface area contributed by atoms with E-state index in [-0.39, 0.29) is 5.82 Å². The third-order valence-corrected chi connectivity index (χ3v) is 6.85. The van der Waals surface area contributed by atoms with E-state index in [9.17, 15) is 8.78 Å². The standard InChI is InChI=1S/C28H30ClF3O2/c1-2-3-4-5-6-19-16-33-28(34-17-19)22-11-12-23-21(15-22)10-9-20(27(23)32)8-7-18-13-24(30)26(29)25(31)14-18/h9-15,19,28H,2-8,16-17H2,1H3. The molecule has 0 aromatic heterocycles. The molecule has 0 N–H and O–H groups in total. The Morgan fingerprint density at radius 2 is 1.62 bits per heavy atom. The molecule has 6 heteroatoms. The van der Waals surface area contributed by atoms with Crippen molar-refractivity contribution < 1.29 is 22.6 Å². The van der Waals surface area contributed by atoms with Crippen molar-refractivity contribution in [2.24, 2.45) is 5.92 Å². The SMILES string of the molecule is CCCCCCC1COC(c2ccc3c(F)c(CCc4cc(F)c(Cl)c(F)c4)ccc3c2)OC1. The fraction of sp³-hybridized carbons (Fsp3) is 0.429. The van der Waals surface area contributed by atoms with Crippen LogP contribution in [-0.4, -0.2) is 13.2 Å². The lowest BCUT2D eigenvalue weighted by molar-refractivity contribution is -0.206. The molecule has 0 radical (unpaired) electrons. The molecule has 0 amide bonds. The molecule has 0 saturated carbocycles. The van der Waals surface area contributed by atoms with E-state index in [2.05, 4.69) is 6.92 Å². The largest absolute Gasteiger partial charge is 0.348 e. The lowest BCUT2D eigenvalue weighted by Crippen LogP contribution is -2.27. The Hall–Kier alpha value is -2.08. The minimum atomic E-state index is -0.807. The average molecular weight is 491 g/mol. The summed E-state index contributed by atoms with van der Waals surface area (Å²) < 4.78 is 54.5. The van der Waals surface area contributed by atoms with Gasteiger partial charge in [-0.05, 0) is 54.0 Å². The highest BCUT2D eigenvalue weighted by Crippen LogP contribution is 2.31. The summed E-state index contributed by atoms with van der Waals surface area (Å²) in [7, 11) is 0. The molecular formula is C28H30ClF3O2. The van der Waals surface area contributed by atoms with Crippen LogP contribution in [0.25, 0.3) is 10.8 Å². The first-order chi connectivity index (χ1) is 16.5. The number of unbranched alkanes of at least 4 members (excludes halogenated alkanes) is 3. The summed E-state index contributed by atoms with van der Waals surface area (Å²) in [4.78, 5) is 0. The van der Waals surface area contributed by atoms with Gasteiger partial charge >= 0.3 is 0 Å². The van der Waals surface area contributed by atoms with Gasteiger partial charge in [0.1, 0.15) is 22.5 Å². The van der Waals surface area contributed by atoms with E-state index in [0.29, 0.717) is 48.5 Å². The maximum atomic E-state index is 15.2. The number of benzene rings is 3. The molecule has 0 unspecified atom stereocenters. The first-order valence-electron chi connectivity index (χ1n) is 12.0. The molecule has 34 heavy (non-hydrogen) atoms. The summed E-state index contributed by atoms with van der Waals surface area (Å²) in [5.74, 6) is -1.51. The van der Waals surface area contributed by atoms with E-state index in [1.54, 1.807) is 12.1 Å². The first-order valence-corrected chi connectivity index (χ1v) is 12.4. The number of aryl methyl sites for hydroxylation is 2. The van der Waals surface area contributed by atoms with Crippen molar-refractivity contribution >= 4 is 22.4 Å². The number of hydrogen-bond donors (Lipinski definition) is 0. The van der Waals surface area contributed by atoms with Gasteiger partial charge in [0.2, 0.25) is 0 Å². The average Bonchev–Trinajstić information content (AvgIpc) is 2.85. The topological polar surface area (TPSA) is 18.5 Å². The Kier molecular flexibility index (Phi) is 8.51. The van der Waals surface area contributed by atoms with Crippen LogP contribution in [0.1, 0.15) is 62.0 Å². The van der Waals surface area contributed by atoms with Gasteiger partial charge in [-0.25, -0.2) is 13.2 Å². The predicted octanol–water partition coefficient (Wildman–Crippen LogP) is 8.33. The number of fused-ring (bicyclic) bond motifs is 1. The van der Waals surface area contributed by atoms with Crippen LogP contribution in [0.15, 0.2) is 42.5 Å². The van der Waals surface area contributed by atoms with Gasteiger partial charge in [-0.2, -0.15) is 0 Å². The minimum Gasteiger partial charge on any atom is -0.348 e. The molecule has 3 aromatic rings. The molecule has 4 rings (SSSR count). The molecule has 1 aliphatic rings.